The number of nitrogens with one attached hydrogen (secondary N) is 2. The SMILES string of the molecule is Cl.ClC1=CCNc2c3c([nH]c2=C1[C@H]1CC[C@H](Oc2cncc(Cl)c2)CC1)=CN=NC3. The van der Waals surface area contributed by atoms with Crippen LogP contribution in [0.25, 0.3) is 11.8 Å². The van der Waals surface area contributed by atoms with Crippen LogP contribution in [0.1, 0.15) is 31.2 Å². The summed E-state index contributed by atoms with van der Waals surface area (Å²) in [5.74, 6) is 1.11. The normalized spacial score (nSPS) is 22.5. The number of hydrogen-bond donors (Lipinski definition) is 2. The first-order valence-electron chi connectivity index (χ1n) is 9.88. The van der Waals surface area contributed by atoms with Crippen LogP contribution in [0.3, 0.4) is 0 Å². The number of rotatable bonds is 3. The van der Waals surface area contributed by atoms with Gasteiger partial charge in [-0.05, 0) is 43.3 Å². The van der Waals surface area contributed by atoms with Crippen LogP contribution in [-0.2, 0) is 6.54 Å². The molecule has 0 saturated heterocycles. The monoisotopic (exact) mass is 465 g/mol. The fourth-order valence-corrected chi connectivity index (χ4v) is 4.92. The van der Waals surface area contributed by atoms with Crippen LogP contribution in [0.15, 0.2) is 39.8 Å². The highest BCUT2D eigenvalue weighted by Gasteiger charge is 2.29. The smallest absolute Gasteiger partial charge is 0.139 e. The standard InChI is InChI=1S/C21H21Cl2N5O.ClH/c22-13-7-15(9-24-8-13)29-14-3-1-12(2-4-14)19-17(23)5-6-25-20-16-10-26-27-11-18(16)28-21(19)20;/h5,7-9,11-12,14,25,28H,1-4,6,10H2;1H/t12-,14-;. The van der Waals surface area contributed by atoms with Gasteiger partial charge in [0.1, 0.15) is 5.75 Å². The lowest BCUT2D eigenvalue weighted by atomic mass is 9.81. The molecule has 2 aliphatic heterocycles. The summed E-state index contributed by atoms with van der Waals surface area (Å²) < 4.78 is 6.11. The number of nitrogens with zero attached hydrogens (tertiary/aromatic N) is 3. The maximum Gasteiger partial charge on any atom is 0.139 e. The first-order chi connectivity index (χ1) is 14.2. The molecule has 0 spiro atoms. The molecule has 0 aromatic carbocycles. The average Bonchev–Trinajstić information content (AvgIpc) is 2.99. The van der Waals surface area contributed by atoms with Gasteiger partial charge in [0.2, 0.25) is 0 Å². The molecule has 0 amide bonds. The van der Waals surface area contributed by atoms with Crippen LogP contribution < -0.4 is 20.8 Å². The number of allylic oxidation sites excluding steroid dienone is 1. The second-order valence-corrected chi connectivity index (χ2v) is 8.43. The molecule has 0 radical (unpaired) electrons. The van der Waals surface area contributed by atoms with E-state index in [9.17, 15) is 0 Å². The lowest BCUT2D eigenvalue weighted by Gasteiger charge is -2.30. The molecule has 5 rings (SSSR count). The van der Waals surface area contributed by atoms with Gasteiger partial charge in [0.25, 0.3) is 0 Å². The van der Waals surface area contributed by atoms with Gasteiger partial charge in [0.05, 0.1) is 46.5 Å². The topological polar surface area (TPSA) is 74.7 Å². The number of aromatic amines is 1. The summed E-state index contributed by atoms with van der Waals surface area (Å²) in [6.07, 6.45) is 11.3. The lowest BCUT2D eigenvalue weighted by molar-refractivity contribution is 0.142. The van der Waals surface area contributed by atoms with E-state index in [-0.39, 0.29) is 18.5 Å². The van der Waals surface area contributed by atoms with Gasteiger partial charge in [0.15, 0.2) is 0 Å². The van der Waals surface area contributed by atoms with Gasteiger partial charge in [-0.2, -0.15) is 10.2 Å². The number of azo groups is 1. The first-order valence-corrected chi connectivity index (χ1v) is 10.6. The summed E-state index contributed by atoms with van der Waals surface area (Å²) in [4.78, 5) is 7.64. The number of ether oxygens (including phenoxy) is 1. The van der Waals surface area contributed by atoms with Gasteiger partial charge in [-0.3, -0.25) is 4.98 Å². The highest BCUT2D eigenvalue weighted by molar-refractivity contribution is 6.36. The first kappa shape index (κ1) is 21.2. The molecule has 9 heteroatoms. The Balaban J connectivity index is 0.00000218. The zero-order valence-corrected chi connectivity index (χ0v) is 18.5. The number of pyridine rings is 1. The molecular weight excluding hydrogens is 445 g/mol. The van der Waals surface area contributed by atoms with E-state index in [1.165, 1.54) is 5.57 Å². The maximum absolute atomic E-state index is 6.75. The van der Waals surface area contributed by atoms with Gasteiger partial charge in [0, 0.05) is 29.4 Å². The largest absolute Gasteiger partial charge is 0.489 e. The number of aromatic nitrogens is 2. The van der Waals surface area contributed by atoms with E-state index < -0.39 is 0 Å². The third-order valence-electron chi connectivity index (χ3n) is 5.79. The fraction of sp³-hybridized carbons (Fsp3) is 0.381. The van der Waals surface area contributed by atoms with Gasteiger partial charge in [-0.1, -0.05) is 23.2 Å². The minimum Gasteiger partial charge on any atom is -0.489 e. The highest BCUT2D eigenvalue weighted by atomic mass is 35.5. The molecule has 1 aliphatic carbocycles. The van der Waals surface area contributed by atoms with Crippen molar-refractivity contribution in [3.8, 4) is 5.75 Å². The number of hydrogen-bond acceptors (Lipinski definition) is 5. The molecule has 30 heavy (non-hydrogen) atoms. The molecule has 3 aliphatic rings. The van der Waals surface area contributed by atoms with Crippen molar-refractivity contribution in [3.05, 3.63) is 50.9 Å². The average molecular weight is 467 g/mol. The van der Waals surface area contributed by atoms with E-state index >= 15 is 0 Å². The van der Waals surface area contributed by atoms with Crippen molar-refractivity contribution in [3.63, 3.8) is 0 Å². The van der Waals surface area contributed by atoms with Crippen LogP contribution in [-0.4, -0.2) is 22.6 Å². The predicted octanol–water partition coefficient (Wildman–Crippen LogP) is 4.53. The molecule has 2 aromatic rings. The van der Waals surface area contributed by atoms with E-state index in [0.29, 0.717) is 24.0 Å². The second kappa shape index (κ2) is 9.00. The summed E-state index contributed by atoms with van der Waals surface area (Å²) in [6, 6.07) is 1.81. The van der Waals surface area contributed by atoms with E-state index in [2.05, 4.69) is 31.6 Å². The predicted molar refractivity (Wildman–Crippen MR) is 122 cm³/mol. The van der Waals surface area contributed by atoms with Crippen molar-refractivity contribution in [2.24, 2.45) is 16.1 Å². The Kier molecular flexibility index (Phi) is 6.37. The molecule has 2 aromatic heterocycles. The Morgan fingerprint density at radius 2 is 1.93 bits per heavy atom. The number of fused-ring (bicyclic) bond motifs is 3. The highest BCUT2D eigenvalue weighted by Crippen LogP contribution is 2.37. The van der Waals surface area contributed by atoms with Crippen molar-refractivity contribution in [2.75, 3.05) is 11.9 Å². The van der Waals surface area contributed by atoms with E-state index in [4.69, 9.17) is 27.9 Å². The van der Waals surface area contributed by atoms with Crippen LogP contribution in [0.2, 0.25) is 5.02 Å². The third-order valence-corrected chi connectivity index (χ3v) is 6.35. The molecule has 0 bridgehead atoms. The summed E-state index contributed by atoms with van der Waals surface area (Å²) in [5.41, 5.74) is 3.47. The summed E-state index contributed by atoms with van der Waals surface area (Å²) in [6.45, 7) is 1.29. The van der Waals surface area contributed by atoms with E-state index in [0.717, 1.165) is 58.4 Å². The van der Waals surface area contributed by atoms with Gasteiger partial charge in [-0.25, -0.2) is 0 Å². The third kappa shape index (κ3) is 4.09. The Morgan fingerprint density at radius 3 is 2.73 bits per heavy atom. The zero-order chi connectivity index (χ0) is 19.8. The number of halogens is 3. The Morgan fingerprint density at radius 1 is 1.10 bits per heavy atom. The molecule has 4 heterocycles. The molecule has 0 unspecified atom stereocenters. The quantitative estimate of drug-likeness (QED) is 0.698. The fourth-order valence-electron chi connectivity index (χ4n) is 4.43. The zero-order valence-electron chi connectivity index (χ0n) is 16.2. The van der Waals surface area contributed by atoms with Crippen molar-refractivity contribution in [1.29, 1.82) is 0 Å². The molecular formula is C21H22Cl3N5O. The number of H-pyrrole nitrogens is 1. The van der Waals surface area contributed by atoms with Crippen LogP contribution in [0.5, 0.6) is 5.75 Å². The van der Waals surface area contributed by atoms with Gasteiger partial charge in [-0.15, -0.1) is 12.4 Å². The molecule has 1 saturated carbocycles. The lowest BCUT2D eigenvalue weighted by Crippen LogP contribution is -2.27. The minimum absolute atomic E-state index is 0. The van der Waals surface area contributed by atoms with Crippen molar-refractivity contribution < 1.29 is 4.74 Å². The minimum atomic E-state index is 0. The number of anilines is 1. The molecule has 158 valence electrons. The second-order valence-electron chi connectivity index (χ2n) is 7.59. The molecule has 1 fully saturated rings. The Hall–Kier alpha value is -2.02. The van der Waals surface area contributed by atoms with Gasteiger partial charge < -0.3 is 15.0 Å². The van der Waals surface area contributed by atoms with E-state index in [1.54, 1.807) is 18.6 Å². The van der Waals surface area contributed by atoms with Crippen molar-refractivity contribution >= 4 is 53.1 Å². The molecule has 0 atom stereocenters. The molecule has 2 N–H and O–H groups in total. The Labute approximate surface area is 190 Å². The van der Waals surface area contributed by atoms with E-state index in [1.807, 2.05) is 6.07 Å². The summed E-state index contributed by atoms with van der Waals surface area (Å²) in [7, 11) is 0. The summed E-state index contributed by atoms with van der Waals surface area (Å²) >= 11 is 12.8. The molecule has 6 nitrogen and oxygen atoms in total. The van der Waals surface area contributed by atoms with Crippen LogP contribution in [0, 0.1) is 5.92 Å². The van der Waals surface area contributed by atoms with Crippen LogP contribution in [0.4, 0.5) is 5.69 Å². The van der Waals surface area contributed by atoms with Crippen LogP contribution >= 0.6 is 35.6 Å². The Bertz CT molecular complexity index is 1120. The maximum atomic E-state index is 6.75. The summed E-state index contributed by atoms with van der Waals surface area (Å²) in [5, 5.41) is 15.2. The van der Waals surface area contributed by atoms with Crippen molar-refractivity contribution in [1.82, 2.24) is 9.97 Å². The van der Waals surface area contributed by atoms with Crippen molar-refractivity contribution in [2.45, 2.75) is 38.3 Å². The van der Waals surface area contributed by atoms with Gasteiger partial charge >= 0.3 is 0 Å².